The van der Waals surface area contributed by atoms with Gasteiger partial charge in [-0.2, -0.15) is 0 Å². The van der Waals surface area contributed by atoms with Gasteiger partial charge in [-0.05, 0) is 37.6 Å². The third-order valence-electron chi connectivity index (χ3n) is 4.60. The molecule has 0 aliphatic carbocycles. The molecule has 1 aliphatic rings. The smallest absolute Gasteiger partial charge is 0.252 e. The number of nitrogens with zero attached hydrogens (tertiary/aromatic N) is 2. The second kappa shape index (κ2) is 8.88. The zero-order chi connectivity index (χ0) is 20.1. The van der Waals surface area contributed by atoms with Crippen LogP contribution in [0, 0.1) is 5.82 Å². The minimum Gasteiger partial charge on any atom is -0.493 e. The van der Waals surface area contributed by atoms with E-state index in [0.29, 0.717) is 43.2 Å². The molecular weight excluding hydrogens is 365 g/mol. The van der Waals surface area contributed by atoms with Gasteiger partial charge in [0.2, 0.25) is 0 Å². The molecule has 1 amide bonds. The van der Waals surface area contributed by atoms with E-state index >= 15 is 0 Å². The topological polar surface area (TPSA) is 83.9 Å². The average molecular weight is 389 g/mol. The van der Waals surface area contributed by atoms with Crippen LogP contribution in [-0.4, -0.2) is 54.9 Å². The zero-order valence-corrected chi connectivity index (χ0v) is 15.9. The predicted molar refractivity (Wildman–Crippen MR) is 102 cm³/mol. The van der Waals surface area contributed by atoms with Crippen molar-refractivity contribution in [2.75, 3.05) is 31.6 Å². The van der Waals surface area contributed by atoms with Gasteiger partial charge in [0.1, 0.15) is 17.7 Å². The quantitative estimate of drug-likeness (QED) is 0.786. The summed E-state index contributed by atoms with van der Waals surface area (Å²) in [5, 5.41) is 13.1. The number of hydrogen-bond acceptors (Lipinski definition) is 6. The number of aromatic nitrogens is 1. The summed E-state index contributed by atoms with van der Waals surface area (Å²) in [5.74, 6) is 0.745. The van der Waals surface area contributed by atoms with Crippen molar-refractivity contribution < 1.29 is 23.8 Å². The van der Waals surface area contributed by atoms with Crippen molar-refractivity contribution in [1.82, 2.24) is 10.3 Å². The van der Waals surface area contributed by atoms with Gasteiger partial charge in [-0.1, -0.05) is 0 Å². The van der Waals surface area contributed by atoms with Crippen LogP contribution in [0.2, 0.25) is 0 Å². The first-order valence-corrected chi connectivity index (χ1v) is 9.19. The first-order valence-electron chi connectivity index (χ1n) is 9.19. The Morgan fingerprint density at radius 1 is 1.36 bits per heavy atom. The molecule has 0 unspecified atom stereocenters. The predicted octanol–water partition coefficient (Wildman–Crippen LogP) is 2.00. The molecule has 1 aromatic carbocycles. The summed E-state index contributed by atoms with van der Waals surface area (Å²) in [6, 6.07) is 7.50. The van der Waals surface area contributed by atoms with Gasteiger partial charge in [0, 0.05) is 25.4 Å². The van der Waals surface area contributed by atoms with Crippen LogP contribution < -0.4 is 19.7 Å². The molecule has 2 atom stereocenters. The highest BCUT2D eigenvalue weighted by molar-refractivity contribution is 5.94. The maximum absolute atomic E-state index is 13.4. The van der Waals surface area contributed by atoms with Crippen molar-refractivity contribution in [2.45, 2.75) is 25.6 Å². The maximum atomic E-state index is 13.4. The molecule has 1 saturated heterocycles. The second-order valence-electron chi connectivity index (χ2n) is 6.52. The van der Waals surface area contributed by atoms with E-state index in [1.54, 1.807) is 12.1 Å². The standard InChI is InChI=1S/C20H24FN3O4/c1-3-22-20(26)13-4-7-19(23-11-13)24-9-8-15(25)18(12-24)28-16-6-5-14(21)10-17(16)27-2/h4-7,10-11,15,18,25H,3,8-9,12H2,1-2H3,(H,22,26)/t15-,18-/m1/s1. The van der Waals surface area contributed by atoms with Crippen LogP contribution in [0.15, 0.2) is 36.5 Å². The van der Waals surface area contributed by atoms with Crippen molar-refractivity contribution in [1.29, 1.82) is 0 Å². The summed E-state index contributed by atoms with van der Waals surface area (Å²) >= 11 is 0. The van der Waals surface area contributed by atoms with Gasteiger partial charge in [-0.3, -0.25) is 4.79 Å². The van der Waals surface area contributed by atoms with E-state index in [1.807, 2.05) is 11.8 Å². The molecule has 7 nitrogen and oxygen atoms in total. The van der Waals surface area contributed by atoms with Gasteiger partial charge in [0.15, 0.2) is 11.5 Å². The van der Waals surface area contributed by atoms with E-state index in [0.717, 1.165) is 0 Å². The lowest BCUT2D eigenvalue weighted by atomic mass is 10.0. The number of nitrogens with one attached hydrogen (secondary N) is 1. The maximum Gasteiger partial charge on any atom is 0.252 e. The van der Waals surface area contributed by atoms with Crippen molar-refractivity contribution in [2.24, 2.45) is 0 Å². The number of carbonyl (C=O) groups excluding carboxylic acids is 1. The molecule has 0 bridgehead atoms. The molecule has 150 valence electrons. The van der Waals surface area contributed by atoms with Crippen LogP contribution in [0.4, 0.5) is 10.2 Å². The van der Waals surface area contributed by atoms with Gasteiger partial charge >= 0.3 is 0 Å². The summed E-state index contributed by atoms with van der Waals surface area (Å²) < 4.78 is 24.5. The number of piperidine rings is 1. The molecule has 0 radical (unpaired) electrons. The first kappa shape index (κ1) is 19.9. The Kier molecular flexibility index (Phi) is 6.30. The number of rotatable bonds is 6. The number of carbonyl (C=O) groups is 1. The number of pyridine rings is 1. The highest BCUT2D eigenvalue weighted by Gasteiger charge is 2.31. The summed E-state index contributed by atoms with van der Waals surface area (Å²) in [5.41, 5.74) is 0.492. The molecule has 28 heavy (non-hydrogen) atoms. The van der Waals surface area contributed by atoms with Gasteiger partial charge < -0.3 is 24.8 Å². The molecule has 2 heterocycles. The highest BCUT2D eigenvalue weighted by Crippen LogP contribution is 2.30. The molecule has 1 aliphatic heterocycles. The molecule has 1 aromatic heterocycles. The fourth-order valence-electron chi connectivity index (χ4n) is 3.10. The van der Waals surface area contributed by atoms with E-state index < -0.39 is 18.0 Å². The van der Waals surface area contributed by atoms with Gasteiger partial charge in [-0.15, -0.1) is 0 Å². The summed E-state index contributed by atoms with van der Waals surface area (Å²) in [6.07, 6.45) is 0.830. The Bertz CT molecular complexity index is 816. The van der Waals surface area contributed by atoms with E-state index in [2.05, 4.69) is 10.3 Å². The van der Waals surface area contributed by atoms with Crippen LogP contribution in [0.25, 0.3) is 0 Å². The first-order chi connectivity index (χ1) is 13.5. The van der Waals surface area contributed by atoms with Crippen molar-refractivity contribution in [3.05, 3.63) is 47.9 Å². The number of halogens is 1. The van der Waals surface area contributed by atoms with E-state index in [4.69, 9.17) is 9.47 Å². The molecular formula is C20H24FN3O4. The number of anilines is 1. The minimum absolute atomic E-state index is 0.166. The molecule has 8 heteroatoms. The number of hydrogen-bond donors (Lipinski definition) is 2. The molecule has 0 spiro atoms. The number of aliphatic hydroxyl groups excluding tert-OH is 1. The lowest BCUT2D eigenvalue weighted by molar-refractivity contribution is 0.0220. The van der Waals surface area contributed by atoms with Crippen molar-refractivity contribution in [3.8, 4) is 11.5 Å². The second-order valence-corrected chi connectivity index (χ2v) is 6.52. The Balaban J connectivity index is 1.71. The van der Waals surface area contributed by atoms with Gasteiger partial charge in [0.25, 0.3) is 5.91 Å². The molecule has 2 N–H and O–H groups in total. The number of amides is 1. The van der Waals surface area contributed by atoms with Crippen LogP contribution in [0.1, 0.15) is 23.7 Å². The third-order valence-corrected chi connectivity index (χ3v) is 4.60. The number of benzene rings is 1. The molecule has 1 fully saturated rings. The Morgan fingerprint density at radius 2 is 2.18 bits per heavy atom. The summed E-state index contributed by atoms with van der Waals surface area (Å²) in [4.78, 5) is 18.2. The van der Waals surface area contributed by atoms with E-state index in [-0.39, 0.29) is 11.7 Å². The number of aliphatic hydroxyl groups is 1. The van der Waals surface area contributed by atoms with E-state index in [9.17, 15) is 14.3 Å². The molecule has 2 aromatic rings. The van der Waals surface area contributed by atoms with Crippen LogP contribution in [-0.2, 0) is 0 Å². The average Bonchev–Trinajstić information content (AvgIpc) is 2.71. The summed E-state index contributed by atoms with van der Waals surface area (Å²) in [6.45, 7) is 3.41. The Labute approximate surface area is 163 Å². The molecule has 3 rings (SSSR count). The lowest BCUT2D eigenvalue weighted by Gasteiger charge is -2.37. The number of ether oxygens (including phenoxy) is 2. The largest absolute Gasteiger partial charge is 0.493 e. The van der Waals surface area contributed by atoms with Crippen molar-refractivity contribution in [3.63, 3.8) is 0 Å². The normalized spacial score (nSPS) is 19.2. The number of methoxy groups -OCH3 is 1. The van der Waals surface area contributed by atoms with Gasteiger partial charge in [-0.25, -0.2) is 9.37 Å². The molecule has 0 saturated carbocycles. The van der Waals surface area contributed by atoms with E-state index in [1.165, 1.54) is 31.5 Å². The lowest BCUT2D eigenvalue weighted by Crippen LogP contribution is -2.49. The third kappa shape index (κ3) is 4.51. The van der Waals surface area contributed by atoms with Crippen LogP contribution in [0.5, 0.6) is 11.5 Å². The minimum atomic E-state index is -0.666. The van der Waals surface area contributed by atoms with Crippen LogP contribution in [0.3, 0.4) is 0 Å². The van der Waals surface area contributed by atoms with Crippen molar-refractivity contribution >= 4 is 11.7 Å². The Morgan fingerprint density at radius 3 is 2.86 bits per heavy atom. The Hall–Kier alpha value is -2.87. The monoisotopic (exact) mass is 389 g/mol. The van der Waals surface area contributed by atoms with Gasteiger partial charge in [0.05, 0.1) is 25.3 Å². The zero-order valence-electron chi connectivity index (χ0n) is 15.9. The summed E-state index contributed by atoms with van der Waals surface area (Å²) in [7, 11) is 1.44. The highest BCUT2D eigenvalue weighted by atomic mass is 19.1. The fraction of sp³-hybridized carbons (Fsp3) is 0.400. The van der Waals surface area contributed by atoms with Crippen LogP contribution >= 0.6 is 0 Å². The SMILES string of the molecule is CCNC(=O)c1ccc(N2CC[C@@H](O)[C@H](Oc3ccc(F)cc3OC)C2)nc1. The fourth-order valence-corrected chi connectivity index (χ4v) is 3.10.